The molecule has 1 aliphatic rings. The van der Waals surface area contributed by atoms with E-state index in [0.717, 1.165) is 11.3 Å². The minimum absolute atomic E-state index is 0.0497. The first-order valence-corrected chi connectivity index (χ1v) is 7.03. The Morgan fingerprint density at radius 3 is 2.75 bits per heavy atom. The molecule has 1 unspecified atom stereocenters. The van der Waals surface area contributed by atoms with E-state index in [9.17, 15) is 9.59 Å². The van der Waals surface area contributed by atoms with E-state index >= 15 is 0 Å². The lowest BCUT2D eigenvalue weighted by Gasteiger charge is -2.24. The quantitative estimate of drug-likeness (QED) is 0.858. The Bertz CT molecular complexity index is 524. The number of nitrogens with zero attached hydrogens (tertiary/aromatic N) is 1. The van der Waals surface area contributed by atoms with Crippen molar-refractivity contribution in [2.45, 2.75) is 33.4 Å². The molecule has 0 aliphatic carbocycles. The van der Waals surface area contributed by atoms with Crippen molar-refractivity contribution in [1.82, 2.24) is 10.2 Å². The number of likely N-dealkylation sites (N-methyl/N-ethyl adjacent to an activating group) is 1. The molecular formula is C15H21N3O2. The van der Waals surface area contributed by atoms with Gasteiger partial charge < -0.3 is 15.5 Å². The van der Waals surface area contributed by atoms with Crippen LogP contribution in [0.3, 0.4) is 0 Å². The van der Waals surface area contributed by atoms with Gasteiger partial charge in [-0.1, -0.05) is 6.07 Å². The van der Waals surface area contributed by atoms with Crippen LogP contribution in [0.15, 0.2) is 18.2 Å². The fraction of sp³-hybridized carbons (Fsp3) is 0.467. The van der Waals surface area contributed by atoms with E-state index in [1.54, 1.807) is 4.90 Å². The van der Waals surface area contributed by atoms with Crippen molar-refractivity contribution >= 4 is 17.5 Å². The molecule has 0 radical (unpaired) electrons. The maximum Gasteiger partial charge on any atom is 0.251 e. The van der Waals surface area contributed by atoms with E-state index < -0.39 is 0 Å². The van der Waals surface area contributed by atoms with Crippen LogP contribution in [0.5, 0.6) is 0 Å². The van der Waals surface area contributed by atoms with Crippen LogP contribution < -0.4 is 10.6 Å². The number of carbonyl (C=O) groups excluding carboxylic acids is 2. The Morgan fingerprint density at radius 1 is 1.40 bits per heavy atom. The van der Waals surface area contributed by atoms with Crippen LogP contribution in [0.1, 0.15) is 36.7 Å². The minimum atomic E-state index is -0.308. The molecule has 5 nitrogen and oxygen atoms in total. The van der Waals surface area contributed by atoms with Gasteiger partial charge in [-0.15, -0.1) is 0 Å². The van der Waals surface area contributed by atoms with Gasteiger partial charge in [-0.2, -0.15) is 0 Å². The summed E-state index contributed by atoms with van der Waals surface area (Å²) in [5.74, 6) is 0.0197. The van der Waals surface area contributed by atoms with Gasteiger partial charge in [0.1, 0.15) is 6.04 Å². The lowest BCUT2D eigenvalue weighted by atomic mass is 10.1. The molecule has 2 amide bonds. The normalized spacial score (nSPS) is 14.4. The Balaban J connectivity index is 2.09. The third kappa shape index (κ3) is 2.76. The molecule has 2 rings (SSSR count). The molecule has 1 aromatic carbocycles. The maximum absolute atomic E-state index is 12.2. The van der Waals surface area contributed by atoms with Crippen LogP contribution in [0.2, 0.25) is 0 Å². The van der Waals surface area contributed by atoms with Gasteiger partial charge in [0.2, 0.25) is 5.91 Å². The summed E-state index contributed by atoms with van der Waals surface area (Å²) in [4.78, 5) is 25.6. The van der Waals surface area contributed by atoms with E-state index in [1.165, 1.54) is 0 Å². The second kappa shape index (κ2) is 5.94. The maximum atomic E-state index is 12.2. The van der Waals surface area contributed by atoms with Crippen molar-refractivity contribution in [2.75, 3.05) is 18.4 Å². The number of nitrogens with one attached hydrogen (secondary N) is 2. The lowest BCUT2D eigenvalue weighted by Crippen LogP contribution is -2.41. The second-order valence-corrected chi connectivity index (χ2v) is 4.93. The molecular weight excluding hydrogens is 254 g/mol. The highest BCUT2D eigenvalue weighted by atomic mass is 16.2. The third-order valence-corrected chi connectivity index (χ3v) is 3.62. The summed E-state index contributed by atoms with van der Waals surface area (Å²) in [6, 6.07) is 5.33. The van der Waals surface area contributed by atoms with Crippen LogP contribution in [0.4, 0.5) is 5.69 Å². The van der Waals surface area contributed by atoms with Crippen molar-refractivity contribution in [3.8, 4) is 0 Å². The average Bonchev–Trinajstić information content (AvgIpc) is 2.81. The Labute approximate surface area is 119 Å². The SMILES string of the molecule is CCN(CC)C(=O)C(C)Nc1ccc2c(c1)C(=O)NC2. The Hall–Kier alpha value is -2.04. The fourth-order valence-electron chi connectivity index (χ4n) is 2.42. The van der Waals surface area contributed by atoms with E-state index in [1.807, 2.05) is 39.0 Å². The lowest BCUT2D eigenvalue weighted by molar-refractivity contribution is -0.131. The zero-order valence-electron chi connectivity index (χ0n) is 12.2. The summed E-state index contributed by atoms with van der Waals surface area (Å²) >= 11 is 0. The van der Waals surface area contributed by atoms with Gasteiger partial charge in [0, 0.05) is 30.9 Å². The van der Waals surface area contributed by atoms with Crippen molar-refractivity contribution in [2.24, 2.45) is 0 Å². The number of hydrogen-bond acceptors (Lipinski definition) is 3. The fourth-order valence-corrected chi connectivity index (χ4v) is 2.42. The smallest absolute Gasteiger partial charge is 0.251 e. The number of fused-ring (bicyclic) bond motifs is 1. The predicted molar refractivity (Wildman–Crippen MR) is 78.6 cm³/mol. The predicted octanol–water partition coefficient (Wildman–Crippen LogP) is 1.60. The molecule has 0 bridgehead atoms. The van der Waals surface area contributed by atoms with E-state index in [2.05, 4.69) is 10.6 Å². The summed E-state index contributed by atoms with van der Waals surface area (Å²) in [5, 5.41) is 5.95. The van der Waals surface area contributed by atoms with Crippen molar-refractivity contribution < 1.29 is 9.59 Å². The van der Waals surface area contributed by atoms with Crippen LogP contribution in [0, 0.1) is 0 Å². The first kappa shape index (κ1) is 14.4. The first-order valence-electron chi connectivity index (χ1n) is 7.03. The molecule has 0 spiro atoms. The summed E-state index contributed by atoms with van der Waals surface area (Å²) in [6.45, 7) is 7.76. The zero-order chi connectivity index (χ0) is 14.7. The Morgan fingerprint density at radius 2 is 2.10 bits per heavy atom. The van der Waals surface area contributed by atoms with Crippen LogP contribution in [-0.2, 0) is 11.3 Å². The number of hydrogen-bond donors (Lipinski definition) is 2. The number of carbonyl (C=O) groups is 2. The van der Waals surface area contributed by atoms with Crippen LogP contribution in [0.25, 0.3) is 0 Å². The summed E-state index contributed by atoms with van der Waals surface area (Å²) in [5.41, 5.74) is 2.49. The van der Waals surface area contributed by atoms with E-state index in [0.29, 0.717) is 25.2 Å². The number of amides is 2. The summed E-state index contributed by atoms with van der Waals surface area (Å²) in [6.07, 6.45) is 0. The molecule has 20 heavy (non-hydrogen) atoms. The van der Waals surface area contributed by atoms with Crippen molar-refractivity contribution in [3.05, 3.63) is 29.3 Å². The van der Waals surface area contributed by atoms with Crippen molar-refractivity contribution in [1.29, 1.82) is 0 Å². The third-order valence-electron chi connectivity index (χ3n) is 3.62. The highest BCUT2D eigenvalue weighted by Crippen LogP contribution is 2.20. The molecule has 1 aromatic rings. The van der Waals surface area contributed by atoms with Gasteiger partial charge in [0.05, 0.1) is 0 Å². The van der Waals surface area contributed by atoms with Gasteiger partial charge in [0.25, 0.3) is 5.91 Å². The van der Waals surface area contributed by atoms with Crippen molar-refractivity contribution in [3.63, 3.8) is 0 Å². The average molecular weight is 275 g/mol. The molecule has 5 heteroatoms. The molecule has 0 saturated carbocycles. The molecule has 2 N–H and O–H groups in total. The number of anilines is 1. The molecule has 0 saturated heterocycles. The Kier molecular flexibility index (Phi) is 4.27. The first-order chi connectivity index (χ1) is 9.56. The van der Waals surface area contributed by atoms with Gasteiger partial charge in [-0.25, -0.2) is 0 Å². The monoisotopic (exact) mass is 275 g/mol. The topological polar surface area (TPSA) is 61.4 Å². The zero-order valence-corrected chi connectivity index (χ0v) is 12.2. The van der Waals surface area contributed by atoms with Gasteiger partial charge >= 0.3 is 0 Å². The molecule has 108 valence electrons. The largest absolute Gasteiger partial charge is 0.374 e. The van der Waals surface area contributed by atoms with Crippen LogP contribution in [-0.4, -0.2) is 35.8 Å². The van der Waals surface area contributed by atoms with Crippen LogP contribution >= 0.6 is 0 Å². The van der Waals surface area contributed by atoms with E-state index in [-0.39, 0.29) is 17.9 Å². The van der Waals surface area contributed by atoms with Gasteiger partial charge in [-0.3, -0.25) is 9.59 Å². The number of benzene rings is 1. The molecule has 1 heterocycles. The molecule has 1 atom stereocenters. The highest BCUT2D eigenvalue weighted by molar-refractivity contribution is 5.99. The summed E-state index contributed by atoms with van der Waals surface area (Å²) in [7, 11) is 0. The number of rotatable bonds is 5. The molecule has 0 fully saturated rings. The second-order valence-electron chi connectivity index (χ2n) is 4.93. The standard InChI is InChI=1S/C15H21N3O2/c1-4-18(5-2)15(20)10(3)17-12-7-6-11-9-16-14(19)13(11)8-12/h6-8,10,17H,4-5,9H2,1-3H3,(H,16,19). The van der Waals surface area contributed by atoms with E-state index in [4.69, 9.17) is 0 Å². The minimum Gasteiger partial charge on any atom is -0.374 e. The summed E-state index contributed by atoms with van der Waals surface area (Å²) < 4.78 is 0. The molecule has 0 aromatic heterocycles. The van der Waals surface area contributed by atoms with Gasteiger partial charge in [-0.05, 0) is 38.5 Å². The van der Waals surface area contributed by atoms with Gasteiger partial charge in [0.15, 0.2) is 0 Å². The highest BCUT2D eigenvalue weighted by Gasteiger charge is 2.21. The molecule has 1 aliphatic heterocycles.